The predicted molar refractivity (Wildman–Crippen MR) is 122 cm³/mol. The molecule has 0 aromatic heterocycles. The van der Waals surface area contributed by atoms with Gasteiger partial charge in [0.15, 0.2) is 0 Å². The maximum atomic E-state index is 11.7. The van der Waals surface area contributed by atoms with Gasteiger partial charge in [0.25, 0.3) is 10.1 Å². The highest BCUT2D eigenvalue weighted by atomic mass is 32.2. The zero-order chi connectivity index (χ0) is 20.7. The Balaban J connectivity index is 1.96. The molecule has 0 aliphatic rings. The molecule has 0 bridgehead atoms. The molecule has 0 unspecified atom stereocenters. The number of hydrogen-bond acceptors (Lipinski definition) is 2. The molecule has 0 amide bonds. The van der Waals surface area contributed by atoms with Crippen molar-refractivity contribution >= 4 is 31.7 Å². The van der Waals surface area contributed by atoms with E-state index in [0.29, 0.717) is 0 Å². The van der Waals surface area contributed by atoms with Gasteiger partial charge >= 0.3 is 0 Å². The van der Waals surface area contributed by atoms with Gasteiger partial charge in [0.2, 0.25) is 0 Å². The van der Waals surface area contributed by atoms with Crippen LogP contribution in [-0.2, 0) is 10.1 Å². The summed E-state index contributed by atoms with van der Waals surface area (Å²) in [5.74, 6) is 0. The summed E-state index contributed by atoms with van der Waals surface area (Å²) in [5.41, 5.74) is 3.98. The van der Waals surface area contributed by atoms with Crippen LogP contribution in [0.5, 0.6) is 0 Å². The lowest BCUT2D eigenvalue weighted by atomic mass is 9.86. The van der Waals surface area contributed by atoms with Crippen LogP contribution in [0.1, 0.15) is 0 Å². The van der Waals surface area contributed by atoms with Gasteiger partial charge in [0.05, 0.1) is 4.90 Å². The van der Waals surface area contributed by atoms with E-state index in [1.54, 1.807) is 6.07 Å². The molecule has 0 saturated heterocycles. The third kappa shape index (κ3) is 3.07. The van der Waals surface area contributed by atoms with Gasteiger partial charge in [-0.3, -0.25) is 4.55 Å². The largest absolute Gasteiger partial charge is 0.294 e. The number of rotatable bonds is 3. The summed E-state index contributed by atoms with van der Waals surface area (Å²) in [4.78, 5) is -0.111. The second-order valence-electron chi connectivity index (χ2n) is 7.21. The molecule has 0 atom stereocenters. The van der Waals surface area contributed by atoms with Crippen molar-refractivity contribution in [1.29, 1.82) is 0 Å². The smallest absolute Gasteiger partial charge is 0.282 e. The van der Waals surface area contributed by atoms with Crippen LogP contribution in [0.2, 0.25) is 0 Å². The van der Waals surface area contributed by atoms with Crippen LogP contribution >= 0.6 is 0 Å². The molecule has 0 spiro atoms. The summed E-state index contributed by atoms with van der Waals surface area (Å²) >= 11 is 0. The Hall–Kier alpha value is -3.47. The Morgan fingerprint density at radius 2 is 0.933 bits per heavy atom. The van der Waals surface area contributed by atoms with E-state index in [0.717, 1.165) is 43.8 Å². The fraction of sp³-hybridized carbons (Fsp3) is 0. The van der Waals surface area contributed by atoms with Gasteiger partial charge in [-0.05, 0) is 55.9 Å². The van der Waals surface area contributed by atoms with Crippen LogP contribution in [0.25, 0.3) is 43.8 Å². The summed E-state index contributed by atoms with van der Waals surface area (Å²) in [5, 5.41) is 4.24. The van der Waals surface area contributed by atoms with Crippen molar-refractivity contribution in [2.24, 2.45) is 0 Å². The minimum absolute atomic E-state index is 0.111. The van der Waals surface area contributed by atoms with Crippen molar-refractivity contribution in [2.45, 2.75) is 4.90 Å². The Kier molecular flexibility index (Phi) is 4.39. The lowest BCUT2D eigenvalue weighted by Gasteiger charge is -2.17. The van der Waals surface area contributed by atoms with Crippen molar-refractivity contribution in [2.75, 3.05) is 0 Å². The molecule has 30 heavy (non-hydrogen) atoms. The molecule has 0 saturated carbocycles. The Labute approximate surface area is 175 Å². The highest BCUT2D eigenvalue weighted by Gasteiger charge is 2.17. The van der Waals surface area contributed by atoms with Gasteiger partial charge in [-0.15, -0.1) is 0 Å². The van der Waals surface area contributed by atoms with Gasteiger partial charge in [0.1, 0.15) is 0 Å². The third-order valence-electron chi connectivity index (χ3n) is 5.41. The summed E-state index contributed by atoms with van der Waals surface area (Å²) in [6, 6.07) is 33.1. The first-order valence-electron chi connectivity index (χ1n) is 9.61. The molecular weight excluding hydrogens is 392 g/mol. The van der Waals surface area contributed by atoms with E-state index in [1.165, 1.54) is 12.1 Å². The van der Waals surface area contributed by atoms with Crippen LogP contribution in [0.15, 0.2) is 108 Å². The van der Waals surface area contributed by atoms with E-state index in [9.17, 15) is 13.0 Å². The molecule has 146 valence electrons. The second-order valence-corrected chi connectivity index (χ2v) is 8.63. The monoisotopic (exact) mass is 410 g/mol. The van der Waals surface area contributed by atoms with E-state index in [-0.39, 0.29) is 4.90 Å². The molecular formula is C26H18O3S. The highest BCUT2D eigenvalue weighted by molar-refractivity contribution is 7.85. The van der Waals surface area contributed by atoms with Gasteiger partial charge < -0.3 is 0 Å². The zero-order valence-electron chi connectivity index (χ0n) is 16.0. The topological polar surface area (TPSA) is 54.4 Å². The third-order valence-corrected chi connectivity index (χ3v) is 6.26. The van der Waals surface area contributed by atoms with E-state index in [4.69, 9.17) is 0 Å². The molecule has 1 N–H and O–H groups in total. The fourth-order valence-corrected chi connectivity index (χ4v) is 4.69. The van der Waals surface area contributed by atoms with Gasteiger partial charge in [-0.2, -0.15) is 8.42 Å². The predicted octanol–water partition coefficient (Wildman–Crippen LogP) is 6.57. The van der Waals surface area contributed by atoms with Gasteiger partial charge in [-0.1, -0.05) is 91.0 Å². The van der Waals surface area contributed by atoms with Gasteiger partial charge in [0, 0.05) is 0 Å². The van der Waals surface area contributed by atoms with E-state index < -0.39 is 10.1 Å². The molecule has 0 aliphatic heterocycles. The van der Waals surface area contributed by atoms with Crippen LogP contribution in [0.4, 0.5) is 0 Å². The van der Waals surface area contributed by atoms with Crippen molar-refractivity contribution < 1.29 is 13.0 Å². The maximum Gasteiger partial charge on any atom is 0.294 e. The summed E-state index contributed by atoms with van der Waals surface area (Å²) < 4.78 is 33.0. The lowest BCUT2D eigenvalue weighted by molar-refractivity contribution is 0.483. The highest BCUT2D eigenvalue weighted by Crippen LogP contribution is 2.43. The van der Waals surface area contributed by atoms with E-state index >= 15 is 0 Å². The first kappa shape index (κ1) is 18.6. The minimum atomic E-state index is -4.29. The fourth-order valence-electron chi connectivity index (χ4n) is 4.17. The molecule has 0 fully saturated rings. The Morgan fingerprint density at radius 1 is 0.500 bits per heavy atom. The van der Waals surface area contributed by atoms with Crippen LogP contribution in [-0.4, -0.2) is 13.0 Å². The SMILES string of the molecule is O=S(=O)(O)c1cccc(-c2c3ccccc3c(-c3ccccc3)c3ccccc23)c1. The molecule has 0 aliphatic carbocycles. The van der Waals surface area contributed by atoms with E-state index in [1.807, 2.05) is 48.5 Å². The van der Waals surface area contributed by atoms with Crippen molar-refractivity contribution in [3.05, 3.63) is 103 Å². The van der Waals surface area contributed by atoms with E-state index in [2.05, 4.69) is 36.4 Å². The average Bonchev–Trinajstić information content (AvgIpc) is 2.77. The second kappa shape index (κ2) is 7.10. The summed E-state index contributed by atoms with van der Waals surface area (Å²) in [6.45, 7) is 0. The summed E-state index contributed by atoms with van der Waals surface area (Å²) in [7, 11) is -4.29. The summed E-state index contributed by atoms with van der Waals surface area (Å²) in [6.07, 6.45) is 0. The first-order chi connectivity index (χ1) is 14.5. The Morgan fingerprint density at radius 3 is 1.43 bits per heavy atom. The van der Waals surface area contributed by atoms with Crippen LogP contribution in [0.3, 0.4) is 0 Å². The molecule has 5 rings (SSSR count). The number of hydrogen-bond donors (Lipinski definition) is 1. The quantitative estimate of drug-likeness (QED) is 0.270. The molecule has 3 nitrogen and oxygen atoms in total. The molecule has 4 heteroatoms. The molecule has 5 aromatic carbocycles. The van der Waals surface area contributed by atoms with Gasteiger partial charge in [-0.25, -0.2) is 0 Å². The number of fused-ring (bicyclic) bond motifs is 2. The van der Waals surface area contributed by atoms with Crippen LogP contribution in [0, 0.1) is 0 Å². The normalized spacial score (nSPS) is 11.8. The Bertz CT molecular complexity index is 1450. The molecule has 5 aromatic rings. The van der Waals surface area contributed by atoms with Crippen molar-refractivity contribution in [1.82, 2.24) is 0 Å². The standard InChI is InChI=1S/C26H18O3S/c27-30(28,29)20-12-8-11-19(17-20)26-23-15-6-4-13-21(23)25(18-9-2-1-3-10-18)22-14-5-7-16-24(22)26/h1-17H,(H,27,28,29). The maximum absolute atomic E-state index is 11.7. The lowest BCUT2D eigenvalue weighted by Crippen LogP contribution is -1.98. The minimum Gasteiger partial charge on any atom is -0.282 e. The van der Waals surface area contributed by atoms with Crippen LogP contribution < -0.4 is 0 Å². The number of benzene rings is 5. The first-order valence-corrected chi connectivity index (χ1v) is 11.0. The van der Waals surface area contributed by atoms with Crippen molar-refractivity contribution in [3.63, 3.8) is 0 Å². The zero-order valence-corrected chi connectivity index (χ0v) is 16.8. The molecule has 0 heterocycles. The molecule has 0 radical (unpaired) electrons. The van der Waals surface area contributed by atoms with Crippen molar-refractivity contribution in [3.8, 4) is 22.3 Å². The average molecular weight is 410 g/mol.